The largest absolute Gasteiger partial charge is 0.481 e. The third-order valence-corrected chi connectivity index (χ3v) is 2.09. The zero-order chi connectivity index (χ0) is 13.7. The van der Waals surface area contributed by atoms with Crippen LogP contribution in [0.15, 0.2) is 6.07 Å². The second-order valence-corrected chi connectivity index (χ2v) is 3.37. The Morgan fingerprint density at radius 1 is 1.56 bits per heavy atom. The minimum absolute atomic E-state index is 0.125. The minimum atomic E-state index is -0.750. The Balaban J connectivity index is 3.25. The van der Waals surface area contributed by atoms with E-state index < -0.39 is 6.03 Å². The molecule has 1 rings (SSSR count). The van der Waals surface area contributed by atoms with Gasteiger partial charge in [-0.05, 0) is 0 Å². The Morgan fingerprint density at radius 3 is 2.72 bits per heavy atom. The number of amides is 2. The molecule has 98 valence electrons. The van der Waals surface area contributed by atoms with Crippen LogP contribution in [0.1, 0.15) is 11.3 Å². The number of nitrogen functional groups attached to an aromatic ring is 1. The van der Waals surface area contributed by atoms with E-state index in [1.807, 2.05) is 0 Å². The highest BCUT2D eigenvalue weighted by Crippen LogP contribution is 2.21. The number of carbonyl (C=O) groups is 1. The number of nitrogens with one attached hydrogen (secondary N) is 2. The van der Waals surface area contributed by atoms with Gasteiger partial charge in [-0.3, -0.25) is 10.7 Å². The van der Waals surface area contributed by atoms with Crippen molar-refractivity contribution in [3.63, 3.8) is 0 Å². The lowest BCUT2D eigenvalue weighted by Crippen LogP contribution is -2.21. The summed E-state index contributed by atoms with van der Waals surface area (Å²) >= 11 is 0. The molecule has 0 aliphatic rings. The summed E-state index contributed by atoms with van der Waals surface area (Å²) < 4.78 is 9.78. The molecule has 0 saturated carbocycles. The molecule has 0 spiro atoms. The maximum Gasteiger partial charge on any atom is 0.317 e. The number of hydrogen-bond donors (Lipinski definition) is 4. The predicted molar refractivity (Wildman–Crippen MR) is 66.4 cm³/mol. The summed E-state index contributed by atoms with van der Waals surface area (Å²) in [6.45, 7) is 0.125. The van der Waals surface area contributed by atoms with Crippen LogP contribution in [0.3, 0.4) is 0 Å². The van der Waals surface area contributed by atoms with Gasteiger partial charge in [0, 0.05) is 18.9 Å². The molecule has 8 heteroatoms. The van der Waals surface area contributed by atoms with Crippen molar-refractivity contribution in [3.8, 4) is 0 Å². The fraction of sp³-hybridized carbons (Fsp3) is 0.300. The van der Waals surface area contributed by atoms with Crippen LogP contribution in [0.25, 0.3) is 0 Å². The summed E-state index contributed by atoms with van der Waals surface area (Å²) in [5, 5.41) is 9.95. The zero-order valence-electron chi connectivity index (χ0n) is 10.1. The summed E-state index contributed by atoms with van der Waals surface area (Å²) in [6.07, 6.45) is 0. The first kappa shape index (κ1) is 13.7. The van der Waals surface area contributed by atoms with Gasteiger partial charge >= 0.3 is 6.03 Å². The normalized spacial score (nSPS) is 9.89. The molecule has 0 atom stereocenters. The summed E-state index contributed by atoms with van der Waals surface area (Å²) in [4.78, 5) is 14.9. The molecule has 18 heavy (non-hydrogen) atoms. The molecular weight excluding hydrogens is 238 g/mol. The lowest BCUT2D eigenvalue weighted by atomic mass is 10.1. The molecule has 0 bridgehead atoms. The number of nitrogens with zero attached hydrogens (tertiary/aromatic N) is 1. The van der Waals surface area contributed by atoms with Crippen molar-refractivity contribution in [3.05, 3.63) is 17.3 Å². The van der Waals surface area contributed by atoms with E-state index >= 15 is 0 Å². The molecule has 0 saturated heterocycles. The van der Waals surface area contributed by atoms with Crippen molar-refractivity contribution >= 4 is 23.4 Å². The number of primary amides is 1. The van der Waals surface area contributed by atoms with Crippen molar-refractivity contribution in [2.45, 2.75) is 6.61 Å². The number of urea groups is 1. The van der Waals surface area contributed by atoms with Crippen LogP contribution in [0.4, 0.5) is 16.3 Å². The molecule has 0 radical (unpaired) electrons. The second-order valence-electron chi connectivity index (χ2n) is 3.37. The van der Waals surface area contributed by atoms with Crippen LogP contribution in [0.5, 0.6) is 0 Å². The SMILES string of the molecule is COCc1nc(NC(N)=O)cc(N)c1C(=N)OC. The van der Waals surface area contributed by atoms with Gasteiger partial charge in [-0.25, -0.2) is 9.78 Å². The van der Waals surface area contributed by atoms with Crippen molar-refractivity contribution in [1.29, 1.82) is 5.41 Å². The van der Waals surface area contributed by atoms with E-state index in [1.54, 1.807) is 0 Å². The van der Waals surface area contributed by atoms with E-state index in [0.717, 1.165) is 0 Å². The Hall–Kier alpha value is -2.35. The van der Waals surface area contributed by atoms with Crippen LogP contribution in [0, 0.1) is 5.41 Å². The molecule has 0 fully saturated rings. The van der Waals surface area contributed by atoms with Gasteiger partial charge in [0.1, 0.15) is 5.82 Å². The summed E-state index contributed by atoms with van der Waals surface area (Å²) in [5.74, 6) is 0.0670. The Bertz CT molecular complexity index is 475. The van der Waals surface area contributed by atoms with Gasteiger partial charge in [0.15, 0.2) is 0 Å². The molecule has 1 heterocycles. The molecule has 6 N–H and O–H groups in total. The number of anilines is 2. The van der Waals surface area contributed by atoms with E-state index in [4.69, 9.17) is 26.4 Å². The van der Waals surface area contributed by atoms with Gasteiger partial charge in [0.05, 0.1) is 25.0 Å². The molecule has 0 unspecified atom stereocenters. The molecular formula is C10H15N5O3. The highest BCUT2D eigenvalue weighted by molar-refractivity contribution is 5.99. The Kier molecular flexibility index (Phi) is 4.44. The van der Waals surface area contributed by atoms with Gasteiger partial charge < -0.3 is 20.9 Å². The zero-order valence-corrected chi connectivity index (χ0v) is 10.1. The number of ether oxygens (including phenoxy) is 2. The number of carbonyl (C=O) groups excluding carboxylic acids is 1. The summed E-state index contributed by atoms with van der Waals surface area (Å²) in [6, 6.07) is 0.645. The van der Waals surface area contributed by atoms with E-state index in [0.29, 0.717) is 11.3 Å². The predicted octanol–water partition coefficient (Wildman–Crippen LogP) is 0.273. The average molecular weight is 253 g/mol. The quantitative estimate of drug-likeness (QED) is 0.451. The number of nitrogens with two attached hydrogens (primary N) is 2. The second kappa shape index (κ2) is 5.82. The van der Waals surface area contributed by atoms with Crippen molar-refractivity contribution in [2.75, 3.05) is 25.3 Å². The van der Waals surface area contributed by atoms with Gasteiger partial charge in [0.25, 0.3) is 0 Å². The molecule has 0 aliphatic carbocycles. The summed E-state index contributed by atoms with van der Waals surface area (Å²) in [7, 11) is 2.83. The number of rotatable bonds is 4. The first-order valence-electron chi connectivity index (χ1n) is 4.97. The van der Waals surface area contributed by atoms with Crippen LogP contribution >= 0.6 is 0 Å². The molecule has 8 nitrogen and oxygen atoms in total. The van der Waals surface area contributed by atoms with Gasteiger partial charge in [0.2, 0.25) is 5.90 Å². The first-order valence-corrected chi connectivity index (χ1v) is 4.97. The fourth-order valence-corrected chi connectivity index (χ4v) is 1.42. The van der Waals surface area contributed by atoms with Crippen molar-refractivity contribution in [1.82, 2.24) is 4.98 Å². The molecule has 0 aliphatic heterocycles. The molecule has 2 amide bonds. The third-order valence-electron chi connectivity index (χ3n) is 2.09. The van der Waals surface area contributed by atoms with Gasteiger partial charge in [-0.15, -0.1) is 0 Å². The van der Waals surface area contributed by atoms with Crippen LogP contribution in [-0.4, -0.2) is 31.1 Å². The smallest absolute Gasteiger partial charge is 0.317 e. The maximum absolute atomic E-state index is 10.8. The van der Waals surface area contributed by atoms with Gasteiger partial charge in [-0.2, -0.15) is 0 Å². The maximum atomic E-state index is 10.8. The first-order chi connectivity index (χ1) is 8.49. The summed E-state index contributed by atoms with van der Waals surface area (Å²) in [5.41, 5.74) is 11.7. The standard InChI is InChI=1S/C10H15N5O3/c1-17-4-6-8(9(12)18-2)5(11)3-7(14-6)15-10(13)16/h3,12H,4H2,1-2H3,(H5,11,13,14,15,16). The number of pyridine rings is 1. The van der Waals surface area contributed by atoms with E-state index in [1.165, 1.54) is 20.3 Å². The Labute approximate surface area is 104 Å². The third kappa shape index (κ3) is 3.08. The highest BCUT2D eigenvalue weighted by Gasteiger charge is 2.16. The van der Waals surface area contributed by atoms with E-state index in [9.17, 15) is 4.79 Å². The number of methoxy groups -OCH3 is 2. The monoisotopic (exact) mass is 253 g/mol. The lowest BCUT2D eigenvalue weighted by Gasteiger charge is -2.13. The molecule has 1 aromatic rings. The minimum Gasteiger partial charge on any atom is -0.481 e. The van der Waals surface area contributed by atoms with Crippen molar-refractivity contribution < 1.29 is 14.3 Å². The van der Waals surface area contributed by atoms with E-state index in [-0.39, 0.29) is 24.0 Å². The lowest BCUT2D eigenvalue weighted by molar-refractivity contribution is 0.181. The Morgan fingerprint density at radius 2 is 2.22 bits per heavy atom. The van der Waals surface area contributed by atoms with Crippen molar-refractivity contribution in [2.24, 2.45) is 5.73 Å². The highest BCUT2D eigenvalue weighted by atomic mass is 16.5. The molecule has 0 aromatic carbocycles. The van der Waals surface area contributed by atoms with Crippen LogP contribution in [-0.2, 0) is 16.1 Å². The number of aromatic nitrogens is 1. The fourth-order valence-electron chi connectivity index (χ4n) is 1.42. The molecule has 1 aromatic heterocycles. The van der Waals surface area contributed by atoms with Gasteiger partial charge in [-0.1, -0.05) is 0 Å². The topological polar surface area (TPSA) is 136 Å². The van der Waals surface area contributed by atoms with Crippen LogP contribution in [0.2, 0.25) is 0 Å². The number of hydrogen-bond acceptors (Lipinski definition) is 6. The average Bonchev–Trinajstić information content (AvgIpc) is 2.27. The van der Waals surface area contributed by atoms with E-state index in [2.05, 4.69) is 10.3 Å². The van der Waals surface area contributed by atoms with Crippen LogP contribution < -0.4 is 16.8 Å².